The Bertz CT molecular complexity index is 487. The fraction of sp³-hybridized carbons (Fsp3) is 0.182. The Labute approximate surface area is 101 Å². The minimum atomic E-state index is -0.850. The monoisotopic (exact) mass is 255 g/mol. The largest absolute Gasteiger partial charge is 0.271 e. The number of hydrazine groups is 1. The number of hydrogen-bond donors (Lipinski definition) is 2. The summed E-state index contributed by atoms with van der Waals surface area (Å²) in [6.45, 7) is 0. The van der Waals surface area contributed by atoms with Crippen molar-refractivity contribution in [2.45, 2.75) is 12.5 Å². The topological polar surface area (TPSA) is 50.9 Å². The summed E-state index contributed by atoms with van der Waals surface area (Å²) >= 11 is 1.46. The molecule has 90 valence electrons. The number of nitrogens with zero attached hydrogens (tertiary/aromatic N) is 1. The van der Waals surface area contributed by atoms with Crippen LogP contribution >= 0.6 is 11.3 Å². The summed E-state index contributed by atoms with van der Waals surface area (Å²) in [6, 6.07) is 3.62. The number of halogens is 2. The van der Waals surface area contributed by atoms with Gasteiger partial charge in [-0.25, -0.2) is 13.8 Å². The average Bonchev–Trinajstić information content (AvgIpc) is 2.84. The molecule has 0 saturated carbocycles. The van der Waals surface area contributed by atoms with Crippen LogP contribution in [0.5, 0.6) is 0 Å². The molecular weight excluding hydrogens is 244 g/mol. The molecule has 0 spiro atoms. The van der Waals surface area contributed by atoms with Crippen LogP contribution in [0.3, 0.4) is 0 Å². The lowest BCUT2D eigenvalue weighted by Gasteiger charge is -2.13. The highest BCUT2D eigenvalue weighted by Crippen LogP contribution is 2.19. The lowest BCUT2D eigenvalue weighted by atomic mass is 10.0. The molecule has 0 aliphatic rings. The molecule has 1 aromatic carbocycles. The first-order valence-corrected chi connectivity index (χ1v) is 5.93. The van der Waals surface area contributed by atoms with E-state index in [1.54, 1.807) is 5.51 Å². The molecular formula is C11H11F2N3S. The molecule has 0 aliphatic heterocycles. The van der Waals surface area contributed by atoms with Crippen LogP contribution < -0.4 is 11.3 Å². The van der Waals surface area contributed by atoms with E-state index in [1.165, 1.54) is 23.5 Å². The smallest absolute Gasteiger partial charge is 0.159 e. The third-order valence-electron chi connectivity index (χ3n) is 2.43. The average molecular weight is 255 g/mol. The number of aromatic nitrogens is 1. The maximum atomic E-state index is 13.0. The molecule has 0 saturated heterocycles. The summed E-state index contributed by atoms with van der Waals surface area (Å²) in [5, 5.41) is 1.87. The van der Waals surface area contributed by atoms with Crippen LogP contribution in [0.15, 0.2) is 29.1 Å². The van der Waals surface area contributed by atoms with Gasteiger partial charge in [-0.05, 0) is 24.1 Å². The van der Waals surface area contributed by atoms with E-state index in [-0.39, 0.29) is 6.04 Å². The van der Waals surface area contributed by atoms with E-state index in [1.807, 2.05) is 5.38 Å². The van der Waals surface area contributed by atoms with E-state index in [9.17, 15) is 8.78 Å². The van der Waals surface area contributed by atoms with Gasteiger partial charge < -0.3 is 0 Å². The van der Waals surface area contributed by atoms with Crippen molar-refractivity contribution in [1.29, 1.82) is 0 Å². The zero-order valence-electron chi connectivity index (χ0n) is 8.86. The third-order valence-corrected chi connectivity index (χ3v) is 3.04. The van der Waals surface area contributed by atoms with Crippen molar-refractivity contribution in [3.63, 3.8) is 0 Å². The first kappa shape index (κ1) is 12.1. The Hall–Kier alpha value is -1.37. The molecule has 0 fully saturated rings. The predicted molar refractivity (Wildman–Crippen MR) is 62.2 cm³/mol. The van der Waals surface area contributed by atoms with E-state index >= 15 is 0 Å². The number of hydrogen-bond acceptors (Lipinski definition) is 4. The summed E-state index contributed by atoms with van der Waals surface area (Å²) in [4.78, 5) is 4.13. The van der Waals surface area contributed by atoms with E-state index in [2.05, 4.69) is 10.4 Å². The van der Waals surface area contributed by atoms with Gasteiger partial charge in [0.05, 0.1) is 17.2 Å². The lowest BCUT2D eigenvalue weighted by molar-refractivity contribution is 0.501. The predicted octanol–water partition coefficient (Wildman–Crippen LogP) is 2.17. The van der Waals surface area contributed by atoms with Crippen LogP contribution in [0.1, 0.15) is 17.3 Å². The molecule has 1 aromatic heterocycles. The first-order valence-electron chi connectivity index (χ1n) is 4.99. The van der Waals surface area contributed by atoms with Gasteiger partial charge in [0.15, 0.2) is 11.6 Å². The number of nitrogens with one attached hydrogen (secondary N) is 1. The van der Waals surface area contributed by atoms with Crippen molar-refractivity contribution in [2.75, 3.05) is 0 Å². The fourth-order valence-electron chi connectivity index (χ4n) is 1.55. The molecule has 2 rings (SSSR count). The molecule has 2 aromatic rings. The van der Waals surface area contributed by atoms with Gasteiger partial charge in [0, 0.05) is 5.38 Å². The van der Waals surface area contributed by atoms with Gasteiger partial charge in [0.1, 0.15) is 0 Å². The Morgan fingerprint density at radius 3 is 2.76 bits per heavy atom. The van der Waals surface area contributed by atoms with Gasteiger partial charge in [-0.15, -0.1) is 11.3 Å². The van der Waals surface area contributed by atoms with E-state index < -0.39 is 11.6 Å². The normalized spacial score (nSPS) is 12.6. The second-order valence-corrected chi connectivity index (χ2v) is 4.30. The molecule has 3 N–H and O–H groups in total. The van der Waals surface area contributed by atoms with Gasteiger partial charge in [0.25, 0.3) is 0 Å². The highest BCUT2D eigenvalue weighted by Gasteiger charge is 2.13. The van der Waals surface area contributed by atoms with Crippen LogP contribution in [0.25, 0.3) is 0 Å². The SMILES string of the molecule is NNC(Cc1ccc(F)c(F)c1)c1cscn1. The number of rotatable bonds is 4. The van der Waals surface area contributed by atoms with Crippen LogP contribution in [0.4, 0.5) is 8.78 Å². The van der Waals surface area contributed by atoms with Gasteiger partial charge in [-0.2, -0.15) is 0 Å². The highest BCUT2D eigenvalue weighted by molar-refractivity contribution is 7.07. The van der Waals surface area contributed by atoms with Crippen molar-refractivity contribution in [1.82, 2.24) is 10.4 Å². The third kappa shape index (κ3) is 2.85. The molecule has 1 unspecified atom stereocenters. The molecule has 1 heterocycles. The summed E-state index contributed by atoms with van der Waals surface area (Å²) in [5.41, 5.74) is 5.77. The summed E-state index contributed by atoms with van der Waals surface area (Å²) in [5.74, 6) is 3.73. The van der Waals surface area contributed by atoms with Crippen molar-refractivity contribution >= 4 is 11.3 Å². The minimum absolute atomic E-state index is 0.203. The molecule has 0 aliphatic carbocycles. The molecule has 0 radical (unpaired) electrons. The van der Waals surface area contributed by atoms with E-state index in [0.29, 0.717) is 12.0 Å². The molecule has 6 heteroatoms. The quantitative estimate of drug-likeness (QED) is 0.650. The first-order chi connectivity index (χ1) is 8.20. The van der Waals surface area contributed by atoms with Crippen molar-refractivity contribution in [3.8, 4) is 0 Å². The van der Waals surface area contributed by atoms with Gasteiger partial charge >= 0.3 is 0 Å². The van der Waals surface area contributed by atoms with Gasteiger partial charge in [0.2, 0.25) is 0 Å². The molecule has 0 amide bonds. The Kier molecular flexibility index (Phi) is 3.78. The van der Waals surface area contributed by atoms with Crippen molar-refractivity contribution < 1.29 is 8.78 Å². The minimum Gasteiger partial charge on any atom is -0.271 e. The number of nitrogens with two attached hydrogens (primary N) is 1. The Morgan fingerprint density at radius 2 is 2.18 bits per heavy atom. The van der Waals surface area contributed by atoms with Crippen LogP contribution in [0.2, 0.25) is 0 Å². The van der Waals surface area contributed by atoms with Crippen molar-refractivity contribution in [2.24, 2.45) is 5.84 Å². The number of thiazole rings is 1. The maximum Gasteiger partial charge on any atom is 0.159 e. The maximum absolute atomic E-state index is 13.0. The molecule has 17 heavy (non-hydrogen) atoms. The second-order valence-electron chi connectivity index (χ2n) is 3.59. The Balaban J connectivity index is 2.16. The summed E-state index contributed by atoms with van der Waals surface area (Å²) in [7, 11) is 0. The van der Waals surface area contributed by atoms with Gasteiger partial charge in [-0.1, -0.05) is 6.07 Å². The van der Waals surface area contributed by atoms with Crippen LogP contribution in [-0.2, 0) is 6.42 Å². The van der Waals surface area contributed by atoms with Crippen LogP contribution in [-0.4, -0.2) is 4.98 Å². The number of benzene rings is 1. The van der Waals surface area contributed by atoms with Gasteiger partial charge in [-0.3, -0.25) is 11.3 Å². The lowest BCUT2D eigenvalue weighted by Crippen LogP contribution is -2.29. The zero-order valence-corrected chi connectivity index (χ0v) is 9.68. The molecule has 3 nitrogen and oxygen atoms in total. The van der Waals surface area contributed by atoms with E-state index in [4.69, 9.17) is 5.84 Å². The fourth-order valence-corrected chi connectivity index (χ4v) is 2.15. The van der Waals surface area contributed by atoms with E-state index in [0.717, 1.165) is 11.8 Å². The molecule has 0 bridgehead atoms. The summed E-state index contributed by atoms with van der Waals surface area (Å²) < 4.78 is 25.8. The second kappa shape index (κ2) is 5.31. The molecule has 1 atom stereocenters. The van der Waals surface area contributed by atoms with Crippen molar-refractivity contribution in [3.05, 3.63) is 52.0 Å². The van der Waals surface area contributed by atoms with Crippen LogP contribution in [0, 0.1) is 11.6 Å². The standard InChI is InChI=1S/C11H11F2N3S/c12-8-2-1-7(3-9(8)13)4-10(16-14)11-5-17-6-15-11/h1-3,5-6,10,16H,4,14H2. The summed E-state index contributed by atoms with van der Waals surface area (Å²) in [6.07, 6.45) is 0.456. The highest BCUT2D eigenvalue weighted by atomic mass is 32.1. The zero-order chi connectivity index (χ0) is 12.3. The Morgan fingerprint density at radius 1 is 1.35 bits per heavy atom.